The molecule has 1 heterocycles. The van der Waals surface area contributed by atoms with Gasteiger partial charge in [0.05, 0.1) is 0 Å². The minimum absolute atomic E-state index is 0.667. The SMILES string of the molecule is CC1=NCC1.[B]B([B])[B]. The third-order valence-electron chi connectivity index (χ3n) is 0.855. The molecule has 0 atom stereocenters. The predicted octanol–water partition coefficient (Wildman–Crippen LogP) is -0.672. The first-order chi connectivity index (χ1) is 4.13. The van der Waals surface area contributed by atoms with Gasteiger partial charge in [-0.15, -0.1) is 0 Å². The largest absolute Gasteiger partial charge is 0.294 e. The summed E-state index contributed by atoms with van der Waals surface area (Å²) in [6.45, 7) is 3.13. The lowest BCUT2D eigenvalue weighted by atomic mass is 9.08. The molecule has 1 aliphatic rings. The maximum absolute atomic E-state index is 4.67. The molecule has 1 nitrogen and oxygen atoms in total. The van der Waals surface area contributed by atoms with Crippen molar-refractivity contribution in [3.8, 4) is 0 Å². The standard InChI is InChI=1S/C4H7N.B4/c1-4-2-3-5-4;1-4(2)3/h2-3H2,1H3;. The van der Waals surface area contributed by atoms with Crippen LogP contribution >= 0.6 is 0 Å². The fourth-order valence-electron chi connectivity index (χ4n) is 0.335. The van der Waals surface area contributed by atoms with Gasteiger partial charge in [0.2, 0.25) is 0 Å². The summed E-state index contributed by atoms with van der Waals surface area (Å²) in [5.74, 6) is 0. The summed E-state index contributed by atoms with van der Waals surface area (Å²) in [4.78, 5) is 3.99. The van der Waals surface area contributed by atoms with E-state index in [0.29, 0.717) is 0 Å². The Morgan fingerprint density at radius 3 is 1.67 bits per heavy atom. The van der Waals surface area contributed by atoms with Crippen molar-refractivity contribution in [1.82, 2.24) is 0 Å². The molecule has 0 aromatic rings. The Morgan fingerprint density at radius 2 is 1.67 bits per heavy atom. The molecule has 0 aromatic heterocycles. The highest BCUT2D eigenvalue weighted by atomic mass is 14.8. The monoisotopic (exact) mass is 113 g/mol. The Kier molecular flexibility index (Phi) is 4.74. The molecule has 5 heteroatoms. The quantitative estimate of drug-likeness (QED) is 0.369. The van der Waals surface area contributed by atoms with E-state index in [9.17, 15) is 0 Å². The summed E-state index contributed by atoms with van der Waals surface area (Å²) < 4.78 is 0. The summed E-state index contributed by atoms with van der Waals surface area (Å²) >= 11 is 0. The average Bonchev–Trinajstić information content (AvgIpc) is 1.59. The highest BCUT2D eigenvalue weighted by Gasteiger charge is 1.96. The molecular formula is C4H7B4N. The van der Waals surface area contributed by atoms with Gasteiger partial charge in [-0.1, -0.05) is 0 Å². The van der Waals surface area contributed by atoms with Crippen molar-refractivity contribution in [2.24, 2.45) is 4.99 Å². The van der Waals surface area contributed by atoms with Crippen molar-refractivity contribution in [1.29, 1.82) is 0 Å². The van der Waals surface area contributed by atoms with Crippen molar-refractivity contribution in [2.75, 3.05) is 6.54 Å². The summed E-state index contributed by atoms with van der Waals surface area (Å²) in [5.41, 5.74) is 1.31. The number of aliphatic imine (C=N–C) groups is 1. The Bertz CT molecular complexity index is 98.0. The first kappa shape index (κ1) is 8.93. The van der Waals surface area contributed by atoms with Crippen LogP contribution in [0.25, 0.3) is 0 Å². The molecular weight excluding hydrogens is 105 g/mol. The second-order valence-corrected chi connectivity index (χ2v) is 1.94. The highest BCUT2D eigenvalue weighted by Crippen LogP contribution is 1.96. The minimum Gasteiger partial charge on any atom is -0.294 e. The fraction of sp³-hybridized carbons (Fsp3) is 0.750. The summed E-state index contributed by atoms with van der Waals surface area (Å²) in [6.07, 6.45) is 0.569. The Balaban J connectivity index is 0.000000148. The zero-order chi connectivity index (χ0) is 7.28. The number of hydrogen-bond donors (Lipinski definition) is 0. The van der Waals surface area contributed by atoms with E-state index in [4.69, 9.17) is 0 Å². The molecule has 0 saturated carbocycles. The topological polar surface area (TPSA) is 12.4 Å². The van der Waals surface area contributed by atoms with Crippen molar-refractivity contribution >= 4 is 35.3 Å². The van der Waals surface area contributed by atoms with E-state index in [1.807, 2.05) is 0 Å². The number of rotatable bonds is 0. The smallest absolute Gasteiger partial charge is 0.0440 e. The van der Waals surface area contributed by atoms with Crippen LogP contribution in [0.1, 0.15) is 13.3 Å². The Labute approximate surface area is 61.0 Å². The zero-order valence-corrected chi connectivity index (χ0v) is 5.67. The minimum atomic E-state index is -0.667. The van der Waals surface area contributed by atoms with Gasteiger partial charge in [0.1, 0.15) is 0 Å². The van der Waals surface area contributed by atoms with Gasteiger partial charge in [-0.25, -0.2) is 0 Å². The molecule has 0 aromatic carbocycles. The van der Waals surface area contributed by atoms with Crippen LogP contribution in [-0.4, -0.2) is 41.9 Å². The first-order valence-electron chi connectivity index (χ1n) is 2.89. The van der Waals surface area contributed by atoms with Gasteiger partial charge >= 0.3 is 0 Å². The molecule has 0 unspecified atom stereocenters. The van der Waals surface area contributed by atoms with Crippen molar-refractivity contribution < 1.29 is 0 Å². The van der Waals surface area contributed by atoms with Crippen LogP contribution in [0.4, 0.5) is 0 Å². The molecule has 6 radical (unpaired) electrons. The predicted molar refractivity (Wildman–Crippen MR) is 45.6 cm³/mol. The van der Waals surface area contributed by atoms with E-state index < -0.39 is 6.39 Å². The maximum atomic E-state index is 4.67. The van der Waals surface area contributed by atoms with Gasteiger partial charge in [-0.05, 0) is 6.92 Å². The van der Waals surface area contributed by atoms with E-state index in [0.717, 1.165) is 6.54 Å². The van der Waals surface area contributed by atoms with E-state index in [2.05, 4.69) is 35.1 Å². The lowest BCUT2D eigenvalue weighted by Crippen LogP contribution is -2.11. The molecule has 0 fully saturated rings. The molecule has 0 N–H and O–H groups in total. The van der Waals surface area contributed by atoms with E-state index in [1.54, 1.807) is 0 Å². The van der Waals surface area contributed by atoms with Gasteiger partial charge in [0.25, 0.3) is 0 Å². The van der Waals surface area contributed by atoms with E-state index in [-0.39, 0.29) is 0 Å². The first-order valence-corrected chi connectivity index (χ1v) is 2.89. The molecule has 0 saturated heterocycles. The number of nitrogens with zero attached hydrogens (tertiary/aromatic N) is 1. The van der Waals surface area contributed by atoms with Crippen LogP contribution in [0.2, 0.25) is 0 Å². The van der Waals surface area contributed by atoms with Gasteiger partial charge in [0.15, 0.2) is 0 Å². The van der Waals surface area contributed by atoms with Crippen LogP contribution in [0.5, 0.6) is 0 Å². The Hall–Kier alpha value is -0.0703. The third-order valence-corrected chi connectivity index (χ3v) is 0.855. The maximum Gasteiger partial charge on any atom is 0.0440 e. The van der Waals surface area contributed by atoms with Crippen LogP contribution < -0.4 is 0 Å². The van der Waals surface area contributed by atoms with Crippen LogP contribution in [0, 0.1) is 0 Å². The summed E-state index contributed by atoms with van der Waals surface area (Å²) in [6, 6.07) is 0. The van der Waals surface area contributed by atoms with Gasteiger partial charge < -0.3 is 0 Å². The molecule has 40 valence electrons. The molecule has 0 amide bonds. The molecule has 0 aliphatic carbocycles. The van der Waals surface area contributed by atoms with Gasteiger partial charge in [-0.2, -0.15) is 0 Å². The molecule has 1 rings (SSSR count). The lowest BCUT2D eigenvalue weighted by Gasteiger charge is -2.04. The van der Waals surface area contributed by atoms with Crippen molar-refractivity contribution in [2.45, 2.75) is 13.3 Å². The number of hydrogen-bond acceptors (Lipinski definition) is 1. The second-order valence-electron chi connectivity index (χ2n) is 1.94. The lowest BCUT2D eigenvalue weighted by molar-refractivity contribution is 0.939. The molecule has 0 bridgehead atoms. The van der Waals surface area contributed by atoms with Crippen LogP contribution in [0.15, 0.2) is 4.99 Å². The van der Waals surface area contributed by atoms with Crippen molar-refractivity contribution in [3.63, 3.8) is 0 Å². The second kappa shape index (κ2) is 4.78. The van der Waals surface area contributed by atoms with Crippen LogP contribution in [0.3, 0.4) is 0 Å². The fourth-order valence-corrected chi connectivity index (χ4v) is 0.335. The third kappa shape index (κ3) is 7.93. The molecule has 9 heavy (non-hydrogen) atoms. The van der Waals surface area contributed by atoms with Crippen molar-refractivity contribution in [3.05, 3.63) is 0 Å². The summed E-state index contributed by atoms with van der Waals surface area (Å²) in [5, 5.41) is 0. The highest BCUT2D eigenvalue weighted by molar-refractivity contribution is 7.49. The Morgan fingerprint density at radius 1 is 1.44 bits per heavy atom. The summed E-state index contributed by atoms with van der Waals surface area (Å²) in [7, 11) is 14.0. The normalized spacial score (nSPS) is 14.1. The van der Waals surface area contributed by atoms with Gasteiger partial charge in [0, 0.05) is 48.3 Å². The van der Waals surface area contributed by atoms with Crippen LogP contribution in [-0.2, 0) is 0 Å². The van der Waals surface area contributed by atoms with E-state index in [1.165, 1.54) is 12.1 Å². The molecule has 0 spiro atoms. The molecule has 1 aliphatic heterocycles. The van der Waals surface area contributed by atoms with E-state index >= 15 is 0 Å². The average molecular weight is 112 g/mol. The van der Waals surface area contributed by atoms with Gasteiger partial charge in [-0.3, -0.25) is 4.99 Å². The zero-order valence-electron chi connectivity index (χ0n) is 5.67.